The summed E-state index contributed by atoms with van der Waals surface area (Å²) in [4.78, 5) is 25.6. The van der Waals surface area contributed by atoms with E-state index in [2.05, 4.69) is 10.6 Å². The van der Waals surface area contributed by atoms with Gasteiger partial charge in [-0.3, -0.25) is 9.59 Å². The first kappa shape index (κ1) is 21.0. The number of amides is 2. The highest BCUT2D eigenvalue weighted by atomic mass is 35.5. The third kappa shape index (κ3) is 5.86. The molecule has 6 heteroatoms. The number of para-hydroxylation sites is 1. The van der Waals surface area contributed by atoms with Crippen molar-refractivity contribution in [3.05, 3.63) is 88.9 Å². The number of benzene rings is 3. The number of carbonyl (C=O) groups excluding carboxylic acids is 2. The molecule has 3 rings (SSSR count). The van der Waals surface area contributed by atoms with Crippen LogP contribution in [0.2, 0.25) is 5.02 Å². The minimum absolute atomic E-state index is 0.125. The van der Waals surface area contributed by atoms with Crippen molar-refractivity contribution in [2.75, 3.05) is 10.6 Å². The second-order valence-corrected chi connectivity index (χ2v) is 8.40. The first-order chi connectivity index (χ1) is 13.9. The fourth-order valence-corrected chi connectivity index (χ4v) is 3.63. The van der Waals surface area contributed by atoms with E-state index in [1.54, 1.807) is 24.3 Å². The first-order valence-electron chi connectivity index (χ1n) is 9.12. The van der Waals surface area contributed by atoms with Crippen LogP contribution in [-0.2, 0) is 4.79 Å². The maximum atomic E-state index is 12.4. The zero-order valence-electron chi connectivity index (χ0n) is 16.1. The van der Waals surface area contributed by atoms with Crippen molar-refractivity contribution in [3.8, 4) is 0 Å². The van der Waals surface area contributed by atoms with Gasteiger partial charge in [0.05, 0.1) is 16.0 Å². The highest BCUT2D eigenvalue weighted by Crippen LogP contribution is 2.27. The van der Waals surface area contributed by atoms with E-state index < -0.39 is 0 Å². The molecule has 148 valence electrons. The van der Waals surface area contributed by atoms with Crippen LogP contribution in [0.4, 0.5) is 11.4 Å². The van der Waals surface area contributed by atoms with Gasteiger partial charge < -0.3 is 10.6 Å². The van der Waals surface area contributed by atoms with Crippen molar-refractivity contribution in [2.45, 2.75) is 24.0 Å². The molecule has 0 radical (unpaired) electrons. The predicted octanol–water partition coefficient (Wildman–Crippen LogP) is 6.02. The van der Waals surface area contributed by atoms with E-state index in [0.717, 1.165) is 10.5 Å². The molecule has 0 heterocycles. The summed E-state index contributed by atoms with van der Waals surface area (Å²) in [5.74, 6) is -0.280. The number of halogens is 1. The molecular weight excluding hydrogens is 404 g/mol. The Labute approximate surface area is 179 Å². The molecule has 3 aromatic carbocycles. The normalized spacial score (nSPS) is 11.6. The number of carbonyl (C=O) groups is 2. The number of thioether (sulfide) groups is 1. The van der Waals surface area contributed by atoms with Gasteiger partial charge >= 0.3 is 0 Å². The molecule has 3 aromatic rings. The molecule has 1 atom stereocenters. The average Bonchev–Trinajstić information content (AvgIpc) is 2.71. The fourth-order valence-electron chi connectivity index (χ4n) is 2.58. The number of rotatable bonds is 6. The summed E-state index contributed by atoms with van der Waals surface area (Å²) in [6.45, 7) is 3.82. The quantitative estimate of drug-likeness (QED) is 0.475. The van der Waals surface area contributed by atoms with Crippen LogP contribution in [0.25, 0.3) is 0 Å². The maximum absolute atomic E-state index is 12.4. The second kappa shape index (κ2) is 9.63. The molecule has 0 spiro atoms. The third-order valence-electron chi connectivity index (χ3n) is 4.24. The van der Waals surface area contributed by atoms with Crippen molar-refractivity contribution in [3.63, 3.8) is 0 Å². The van der Waals surface area contributed by atoms with Gasteiger partial charge in [-0.1, -0.05) is 41.4 Å². The van der Waals surface area contributed by atoms with Crippen molar-refractivity contribution in [1.29, 1.82) is 0 Å². The summed E-state index contributed by atoms with van der Waals surface area (Å²) in [7, 11) is 0. The Hall–Kier alpha value is -2.76. The van der Waals surface area contributed by atoms with E-state index in [1.807, 2.05) is 62.4 Å². The Morgan fingerprint density at radius 1 is 0.897 bits per heavy atom. The third-order valence-corrected chi connectivity index (χ3v) is 5.68. The maximum Gasteiger partial charge on any atom is 0.255 e. The van der Waals surface area contributed by atoms with Crippen LogP contribution >= 0.6 is 23.4 Å². The monoisotopic (exact) mass is 424 g/mol. The smallest absolute Gasteiger partial charge is 0.255 e. The van der Waals surface area contributed by atoms with Crippen LogP contribution in [0, 0.1) is 6.92 Å². The van der Waals surface area contributed by atoms with Crippen LogP contribution in [0.15, 0.2) is 77.7 Å². The van der Waals surface area contributed by atoms with Crippen LogP contribution in [-0.4, -0.2) is 17.1 Å². The lowest BCUT2D eigenvalue weighted by Gasteiger charge is -2.13. The predicted molar refractivity (Wildman–Crippen MR) is 121 cm³/mol. The van der Waals surface area contributed by atoms with Gasteiger partial charge in [0.15, 0.2) is 0 Å². The van der Waals surface area contributed by atoms with Crippen molar-refractivity contribution < 1.29 is 9.59 Å². The topological polar surface area (TPSA) is 58.2 Å². The van der Waals surface area contributed by atoms with Crippen LogP contribution < -0.4 is 10.6 Å². The molecule has 29 heavy (non-hydrogen) atoms. The minimum atomic E-state index is -0.306. The summed E-state index contributed by atoms with van der Waals surface area (Å²) in [5.41, 5.74) is 3.02. The molecule has 0 fully saturated rings. The van der Waals surface area contributed by atoms with Gasteiger partial charge in [0.2, 0.25) is 5.91 Å². The standard InChI is InChI=1S/C23H21ClN2O2S/c1-15-7-9-17(10-8-15)23(28)25-18-11-13-19(14-12-18)29-16(2)22(27)26-21-6-4-3-5-20(21)24/h3-14,16H,1-2H3,(H,25,28)(H,26,27). The van der Waals surface area contributed by atoms with E-state index in [4.69, 9.17) is 11.6 Å². The summed E-state index contributed by atoms with van der Waals surface area (Å²) in [6.07, 6.45) is 0. The molecule has 2 amide bonds. The van der Waals surface area contributed by atoms with E-state index in [9.17, 15) is 9.59 Å². The Morgan fingerprint density at radius 2 is 1.55 bits per heavy atom. The van der Waals surface area contributed by atoms with Gasteiger partial charge in [0.1, 0.15) is 0 Å². The highest BCUT2D eigenvalue weighted by molar-refractivity contribution is 8.00. The Bertz CT molecular complexity index is 1000. The molecule has 0 aliphatic rings. The van der Waals surface area contributed by atoms with Crippen LogP contribution in [0.1, 0.15) is 22.8 Å². The van der Waals surface area contributed by atoms with Gasteiger partial charge in [0.25, 0.3) is 5.91 Å². The van der Waals surface area contributed by atoms with Crippen molar-refractivity contribution >= 4 is 46.6 Å². The summed E-state index contributed by atoms with van der Waals surface area (Å²) >= 11 is 7.52. The van der Waals surface area contributed by atoms with Crippen LogP contribution in [0.5, 0.6) is 0 Å². The Kier molecular flexibility index (Phi) is 6.96. The number of hydrogen-bond acceptors (Lipinski definition) is 3. The Morgan fingerprint density at radius 3 is 2.21 bits per heavy atom. The lowest BCUT2D eigenvalue weighted by atomic mass is 10.1. The molecule has 0 aromatic heterocycles. The van der Waals surface area contributed by atoms with E-state index >= 15 is 0 Å². The molecular formula is C23H21ClN2O2S. The molecule has 0 saturated carbocycles. The molecule has 0 aliphatic carbocycles. The van der Waals surface area contributed by atoms with E-state index in [-0.39, 0.29) is 17.1 Å². The lowest BCUT2D eigenvalue weighted by Crippen LogP contribution is -2.22. The Balaban J connectivity index is 1.57. The molecule has 1 unspecified atom stereocenters. The number of aryl methyl sites for hydroxylation is 1. The van der Waals surface area contributed by atoms with Gasteiger partial charge in [-0.05, 0) is 62.4 Å². The first-order valence-corrected chi connectivity index (χ1v) is 10.4. The second-order valence-electron chi connectivity index (χ2n) is 6.57. The largest absolute Gasteiger partial charge is 0.324 e. The number of anilines is 2. The summed E-state index contributed by atoms with van der Waals surface area (Å²) < 4.78 is 0. The summed E-state index contributed by atoms with van der Waals surface area (Å²) in [5, 5.41) is 5.92. The zero-order valence-corrected chi connectivity index (χ0v) is 17.7. The summed E-state index contributed by atoms with van der Waals surface area (Å²) in [6, 6.07) is 22.0. The minimum Gasteiger partial charge on any atom is -0.324 e. The SMILES string of the molecule is Cc1ccc(C(=O)Nc2ccc(SC(C)C(=O)Nc3ccccc3Cl)cc2)cc1. The van der Waals surface area contributed by atoms with Crippen LogP contribution in [0.3, 0.4) is 0 Å². The molecule has 2 N–H and O–H groups in total. The van der Waals surface area contributed by atoms with Crippen molar-refractivity contribution in [2.24, 2.45) is 0 Å². The van der Waals surface area contributed by atoms with Gasteiger partial charge in [-0.25, -0.2) is 0 Å². The lowest BCUT2D eigenvalue weighted by molar-refractivity contribution is -0.115. The number of nitrogens with one attached hydrogen (secondary N) is 2. The average molecular weight is 425 g/mol. The van der Waals surface area contributed by atoms with Gasteiger partial charge in [-0.15, -0.1) is 11.8 Å². The highest BCUT2D eigenvalue weighted by Gasteiger charge is 2.16. The van der Waals surface area contributed by atoms with Gasteiger partial charge in [-0.2, -0.15) is 0 Å². The molecule has 0 bridgehead atoms. The van der Waals surface area contributed by atoms with Gasteiger partial charge in [0, 0.05) is 16.1 Å². The molecule has 0 aliphatic heterocycles. The number of hydrogen-bond donors (Lipinski definition) is 2. The molecule has 0 saturated heterocycles. The zero-order chi connectivity index (χ0) is 20.8. The van der Waals surface area contributed by atoms with Crippen molar-refractivity contribution in [1.82, 2.24) is 0 Å². The van der Waals surface area contributed by atoms with E-state index in [1.165, 1.54) is 11.8 Å². The fraction of sp³-hybridized carbons (Fsp3) is 0.130. The van der Waals surface area contributed by atoms with E-state index in [0.29, 0.717) is 22.0 Å². The molecule has 4 nitrogen and oxygen atoms in total.